The van der Waals surface area contributed by atoms with Crippen LogP contribution in [0.5, 0.6) is 0 Å². The highest BCUT2D eigenvalue weighted by Crippen LogP contribution is 2.38. The fraction of sp³-hybridized carbons (Fsp3) is 0.647. The van der Waals surface area contributed by atoms with Gasteiger partial charge in [0.15, 0.2) is 0 Å². The molecule has 2 nitrogen and oxygen atoms in total. The van der Waals surface area contributed by atoms with Gasteiger partial charge < -0.3 is 5.32 Å². The first-order valence-electron chi connectivity index (χ1n) is 7.76. The van der Waals surface area contributed by atoms with E-state index in [0.717, 1.165) is 6.54 Å². The Balaban J connectivity index is 1.62. The van der Waals surface area contributed by atoms with Gasteiger partial charge in [-0.25, -0.2) is 0 Å². The molecule has 1 saturated heterocycles. The second kappa shape index (κ2) is 5.64. The van der Waals surface area contributed by atoms with Gasteiger partial charge in [-0.1, -0.05) is 50.1 Å². The van der Waals surface area contributed by atoms with Crippen LogP contribution < -0.4 is 5.32 Å². The predicted molar refractivity (Wildman–Crippen MR) is 80.2 cm³/mol. The zero-order valence-corrected chi connectivity index (χ0v) is 12.1. The minimum atomic E-state index is 0.514. The fourth-order valence-corrected chi connectivity index (χ4v) is 3.79. The van der Waals surface area contributed by atoms with Crippen LogP contribution in [0.4, 0.5) is 0 Å². The van der Waals surface area contributed by atoms with Gasteiger partial charge in [0.05, 0.1) is 0 Å². The Morgan fingerprint density at radius 2 is 1.95 bits per heavy atom. The summed E-state index contributed by atoms with van der Waals surface area (Å²) in [5.74, 6) is 0. The van der Waals surface area contributed by atoms with E-state index in [0.29, 0.717) is 11.5 Å². The Hall–Kier alpha value is -0.860. The maximum atomic E-state index is 3.66. The average Bonchev–Trinajstić information content (AvgIpc) is 2.86. The zero-order valence-electron chi connectivity index (χ0n) is 12.1. The van der Waals surface area contributed by atoms with Crippen molar-refractivity contribution in [1.82, 2.24) is 10.2 Å². The minimum absolute atomic E-state index is 0.514. The van der Waals surface area contributed by atoms with E-state index in [-0.39, 0.29) is 0 Å². The van der Waals surface area contributed by atoms with E-state index in [1.54, 1.807) is 0 Å². The Kier molecular flexibility index (Phi) is 3.90. The smallest absolute Gasteiger partial charge is 0.0449 e. The molecule has 2 aliphatic rings. The van der Waals surface area contributed by atoms with E-state index in [9.17, 15) is 0 Å². The number of rotatable bonds is 3. The van der Waals surface area contributed by atoms with E-state index < -0.39 is 0 Å². The van der Waals surface area contributed by atoms with Gasteiger partial charge in [-0.3, -0.25) is 4.90 Å². The number of hydrogen-bond acceptors (Lipinski definition) is 2. The highest BCUT2D eigenvalue weighted by molar-refractivity contribution is 5.19. The summed E-state index contributed by atoms with van der Waals surface area (Å²) in [6.45, 7) is 7.27. The number of piperazine rings is 1. The first-order chi connectivity index (χ1) is 9.25. The topological polar surface area (TPSA) is 15.3 Å². The quantitative estimate of drug-likeness (QED) is 0.895. The molecule has 3 rings (SSSR count). The molecule has 1 unspecified atom stereocenters. The molecule has 2 fully saturated rings. The molecule has 1 atom stereocenters. The largest absolute Gasteiger partial charge is 0.308 e. The summed E-state index contributed by atoms with van der Waals surface area (Å²) in [6.07, 6.45) is 5.72. The molecule has 1 aliphatic carbocycles. The van der Waals surface area contributed by atoms with E-state index in [1.165, 1.54) is 50.9 Å². The summed E-state index contributed by atoms with van der Waals surface area (Å²) >= 11 is 0. The van der Waals surface area contributed by atoms with Crippen molar-refractivity contribution in [3.05, 3.63) is 35.9 Å². The highest BCUT2D eigenvalue weighted by Gasteiger charge is 2.32. The van der Waals surface area contributed by atoms with Crippen molar-refractivity contribution in [3.63, 3.8) is 0 Å². The van der Waals surface area contributed by atoms with Crippen molar-refractivity contribution in [2.24, 2.45) is 5.41 Å². The van der Waals surface area contributed by atoms with Gasteiger partial charge >= 0.3 is 0 Å². The number of benzene rings is 1. The molecule has 104 valence electrons. The Morgan fingerprint density at radius 3 is 2.68 bits per heavy atom. The summed E-state index contributed by atoms with van der Waals surface area (Å²) in [5.41, 5.74) is 2.02. The van der Waals surface area contributed by atoms with Gasteiger partial charge in [0.2, 0.25) is 0 Å². The second-order valence-corrected chi connectivity index (χ2v) is 6.67. The Bertz CT molecular complexity index is 395. The third-order valence-electron chi connectivity index (χ3n) is 4.88. The van der Waals surface area contributed by atoms with Crippen molar-refractivity contribution < 1.29 is 0 Å². The van der Waals surface area contributed by atoms with Crippen molar-refractivity contribution in [1.29, 1.82) is 0 Å². The van der Waals surface area contributed by atoms with Crippen molar-refractivity contribution in [2.75, 3.05) is 26.2 Å². The van der Waals surface area contributed by atoms with Gasteiger partial charge in [-0.05, 0) is 23.8 Å². The Labute approximate surface area is 117 Å². The summed E-state index contributed by atoms with van der Waals surface area (Å²) < 4.78 is 0. The highest BCUT2D eigenvalue weighted by atomic mass is 15.2. The summed E-state index contributed by atoms with van der Waals surface area (Å²) in [5, 5.41) is 3.66. The number of hydrogen-bond donors (Lipinski definition) is 1. The molecule has 0 spiro atoms. The standard InChI is InChI=1S/C17H26N2/c1-17(9-5-6-10-17)14-19-12-11-18-16(13-19)15-7-3-2-4-8-15/h2-4,7-8,16,18H,5-6,9-14H2,1H3. The fourth-order valence-electron chi connectivity index (χ4n) is 3.79. The van der Waals surface area contributed by atoms with Gasteiger partial charge in [-0.15, -0.1) is 0 Å². The van der Waals surface area contributed by atoms with Gasteiger partial charge in [0, 0.05) is 32.2 Å². The number of nitrogens with zero attached hydrogens (tertiary/aromatic N) is 1. The van der Waals surface area contributed by atoms with Crippen molar-refractivity contribution in [2.45, 2.75) is 38.6 Å². The summed E-state index contributed by atoms with van der Waals surface area (Å²) in [7, 11) is 0. The zero-order chi connectivity index (χ0) is 13.1. The average molecular weight is 258 g/mol. The minimum Gasteiger partial charge on any atom is -0.308 e. The second-order valence-electron chi connectivity index (χ2n) is 6.67. The molecule has 2 heteroatoms. The lowest BCUT2D eigenvalue weighted by Crippen LogP contribution is -2.48. The van der Waals surface area contributed by atoms with Crippen LogP contribution >= 0.6 is 0 Å². The molecule has 1 aromatic rings. The molecule has 0 amide bonds. The van der Waals surface area contributed by atoms with Crippen molar-refractivity contribution in [3.8, 4) is 0 Å². The van der Waals surface area contributed by atoms with Crippen LogP contribution in [-0.2, 0) is 0 Å². The van der Waals surface area contributed by atoms with Gasteiger partial charge in [-0.2, -0.15) is 0 Å². The van der Waals surface area contributed by atoms with Crippen LogP contribution in [0.25, 0.3) is 0 Å². The lowest BCUT2D eigenvalue weighted by Gasteiger charge is -2.38. The third kappa shape index (κ3) is 3.18. The molecule has 0 bridgehead atoms. The summed E-state index contributed by atoms with van der Waals surface area (Å²) in [6, 6.07) is 11.4. The third-order valence-corrected chi connectivity index (χ3v) is 4.88. The summed E-state index contributed by atoms with van der Waals surface area (Å²) in [4.78, 5) is 2.68. The molecule has 1 N–H and O–H groups in total. The monoisotopic (exact) mass is 258 g/mol. The van der Waals surface area contributed by atoms with Crippen molar-refractivity contribution >= 4 is 0 Å². The molecule has 0 aromatic heterocycles. The van der Waals surface area contributed by atoms with E-state index in [2.05, 4.69) is 47.5 Å². The van der Waals surface area contributed by atoms with Crippen LogP contribution in [0.15, 0.2) is 30.3 Å². The first-order valence-corrected chi connectivity index (χ1v) is 7.76. The van der Waals surface area contributed by atoms with Crippen LogP contribution in [-0.4, -0.2) is 31.1 Å². The molecule has 1 aromatic carbocycles. The SMILES string of the molecule is CC1(CN2CCNC(c3ccccc3)C2)CCCC1. The first kappa shape index (κ1) is 13.1. The lowest BCUT2D eigenvalue weighted by molar-refractivity contribution is 0.130. The van der Waals surface area contributed by atoms with E-state index >= 15 is 0 Å². The van der Waals surface area contributed by atoms with Crippen LogP contribution in [0.2, 0.25) is 0 Å². The molecule has 0 radical (unpaired) electrons. The van der Waals surface area contributed by atoms with Crippen LogP contribution in [0.1, 0.15) is 44.2 Å². The van der Waals surface area contributed by atoms with E-state index in [1.807, 2.05) is 0 Å². The van der Waals surface area contributed by atoms with E-state index in [4.69, 9.17) is 0 Å². The van der Waals surface area contributed by atoms with Crippen LogP contribution in [0, 0.1) is 5.41 Å². The normalized spacial score (nSPS) is 27.5. The maximum Gasteiger partial charge on any atom is 0.0449 e. The Morgan fingerprint density at radius 1 is 1.21 bits per heavy atom. The molecule has 1 saturated carbocycles. The molecule has 1 heterocycles. The van der Waals surface area contributed by atoms with Gasteiger partial charge in [0.25, 0.3) is 0 Å². The lowest BCUT2D eigenvalue weighted by atomic mass is 9.87. The number of nitrogens with one attached hydrogen (secondary N) is 1. The predicted octanol–water partition coefficient (Wildman–Crippen LogP) is 3.21. The van der Waals surface area contributed by atoms with Crippen LogP contribution in [0.3, 0.4) is 0 Å². The molecule has 19 heavy (non-hydrogen) atoms. The molecular weight excluding hydrogens is 232 g/mol. The molecular formula is C17H26N2. The van der Waals surface area contributed by atoms with Gasteiger partial charge in [0.1, 0.15) is 0 Å². The molecule has 1 aliphatic heterocycles. The maximum absolute atomic E-state index is 3.66.